The smallest absolute Gasteiger partial charge is 0.207 e. The highest BCUT2D eigenvalue weighted by molar-refractivity contribution is 7.89. The Morgan fingerprint density at radius 3 is 2.29 bits per heavy atom. The number of benzene rings is 2. The molecule has 0 unspecified atom stereocenters. The third-order valence-corrected chi connectivity index (χ3v) is 5.52. The van der Waals surface area contributed by atoms with E-state index >= 15 is 0 Å². The zero-order valence-electron chi connectivity index (χ0n) is 11.9. The van der Waals surface area contributed by atoms with E-state index in [1.54, 1.807) is 12.1 Å². The normalized spacial score (nSPS) is 16.0. The van der Waals surface area contributed by atoms with E-state index < -0.39 is 10.0 Å². The average Bonchev–Trinajstić information content (AvgIpc) is 2.99. The molecule has 0 bridgehead atoms. The van der Waals surface area contributed by atoms with Gasteiger partial charge in [0.05, 0.1) is 4.90 Å². The van der Waals surface area contributed by atoms with E-state index in [2.05, 4.69) is 0 Å². The van der Waals surface area contributed by atoms with Crippen molar-refractivity contribution in [3.8, 4) is 0 Å². The van der Waals surface area contributed by atoms with E-state index in [1.165, 1.54) is 4.31 Å². The number of sulfonamides is 1. The summed E-state index contributed by atoms with van der Waals surface area (Å²) in [6, 6.07) is 16.9. The molecule has 0 saturated carbocycles. The Bertz CT molecular complexity index is 762. The van der Waals surface area contributed by atoms with Crippen LogP contribution in [0.4, 0.5) is 0 Å². The molecule has 4 heteroatoms. The molecule has 1 aliphatic rings. The number of hydrogen-bond acceptors (Lipinski definition) is 2. The van der Waals surface area contributed by atoms with Gasteiger partial charge < -0.3 is 0 Å². The van der Waals surface area contributed by atoms with Gasteiger partial charge in [0.15, 0.2) is 0 Å². The summed E-state index contributed by atoms with van der Waals surface area (Å²) < 4.78 is 26.7. The van der Waals surface area contributed by atoms with Crippen LogP contribution in [0.25, 0.3) is 5.57 Å². The Hall–Kier alpha value is -1.91. The minimum absolute atomic E-state index is 0.357. The SMILES string of the molecule is Cc1ccc(S(=O)(=O)N2CC=C(c3ccccc3)C2)cc1. The van der Waals surface area contributed by atoms with Crippen LogP contribution in [0.15, 0.2) is 65.6 Å². The number of rotatable bonds is 3. The van der Waals surface area contributed by atoms with Gasteiger partial charge in [-0.2, -0.15) is 4.31 Å². The monoisotopic (exact) mass is 299 g/mol. The highest BCUT2D eigenvalue weighted by Gasteiger charge is 2.28. The largest absolute Gasteiger partial charge is 0.243 e. The summed E-state index contributed by atoms with van der Waals surface area (Å²) in [5.74, 6) is 0. The van der Waals surface area contributed by atoms with Crippen molar-refractivity contribution in [3.63, 3.8) is 0 Å². The zero-order valence-corrected chi connectivity index (χ0v) is 12.7. The molecule has 108 valence electrons. The van der Waals surface area contributed by atoms with Gasteiger partial charge in [-0.25, -0.2) is 8.42 Å². The fourth-order valence-corrected chi connectivity index (χ4v) is 3.79. The highest BCUT2D eigenvalue weighted by atomic mass is 32.2. The van der Waals surface area contributed by atoms with Crippen LogP contribution in [-0.2, 0) is 10.0 Å². The van der Waals surface area contributed by atoms with Crippen LogP contribution < -0.4 is 0 Å². The number of aryl methyl sites for hydroxylation is 1. The van der Waals surface area contributed by atoms with Crippen LogP contribution in [0.1, 0.15) is 11.1 Å². The van der Waals surface area contributed by atoms with Gasteiger partial charge >= 0.3 is 0 Å². The summed E-state index contributed by atoms with van der Waals surface area (Å²) in [4.78, 5) is 0.357. The molecule has 0 N–H and O–H groups in total. The first-order chi connectivity index (χ1) is 10.1. The molecular formula is C17H17NO2S. The first-order valence-electron chi connectivity index (χ1n) is 6.89. The first kappa shape index (κ1) is 14.0. The average molecular weight is 299 g/mol. The molecular weight excluding hydrogens is 282 g/mol. The fraction of sp³-hybridized carbons (Fsp3) is 0.176. The summed E-state index contributed by atoms with van der Waals surface area (Å²) >= 11 is 0. The predicted molar refractivity (Wildman–Crippen MR) is 84.4 cm³/mol. The van der Waals surface area contributed by atoms with Gasteiger partial charge in [-0.15, -0.1) is 0 Å². The summed E-state index contributed by atoms with van der Waals surface area (Å²) in [5.41, 5.74) is 3.20. The third-order valence-electron chi connectivity index (χ3n) is 3.69. The van der Waals surface area contributed by atoms with Crippen molar-refractivity contribution in [2.75, 3.05) is 13.1 Å². The maximum atomic E-state index is 12.6. The van der Waals surface area contributed by atoms with Gasteiger partial charge in [-0.1, -0.05) is 54.1 Å². The third kappa shape index (κ3) is 2.77. The summed E-state index contributed by atoms with van der Waals surface area (Å²) in [5, 5.41) is 0. The Kier molecular flexibility index (Phi) is 3.66. The number of hydrogen-bond donors (Lipinski definition) is 0. The zero-order chi connectivity index (χ0) is 14.9. The lowest BCUT2D eigenvalue weighted by molar-refractivity contribution is 0.490. The molecule has 3 rings (SSSR count). The van der Waals surface area contributed by atoms with Gasteiger partial charge in [-0.3, -0.25) is 0 Å². The van der Waals surface area contributed by atoms with Gasteiger partial charge in [0, 0.05) is 13.1 Å². The van der Waals surface area contributed by atoms with Gasteiger partial charge in [-0.05, 0) is 30.2 Å². The van der Waals surface area contributed by atoms with Crippen LogP contribution >= 0.6 is 0 Å². The second kappa shape index (κ2) is 5.47. The molecule has 0 atom stereocenters. The van der Waals surface area contributed by atoms with Crippen LogP contribution in [0, 0.1) is 6.92 Å². The fourth-order valence-electron chi connectivity index (χ4n) is 2.43. The van der Waals surface area contributed by atoms with Crippen LogP contribution in [0.2, 0.25) is 0 Å². The molecule has 0 fully saturated rings. The lowest BCUT2D eigenvalue weighted by Crippen LogP contribution is -2.29. The van der Waals surface area contributed by atoms with Crippen molar-refractivity contribution in [2.24, 2.45) is 0 Å². The first-order valence-corrected chi connectivity index (χ1v) is 8.33. The summed E-state index contributed by atoms with van der Waals surface area (Å²) in [6.45, 7) is 2.81. The van der Waals surface area contributed by atoms with Crippen molar-refractivity contribution in [1.29, 1.82) is 0 Å². The van der Waals surface area contributed by atoms with Crippen molar-refractivity contribution < 1.29 is 8.42 Å². The Morgan fingerprint density at radius 1 is 0.952 bits per heavy atom. The Labute approximate surface area is 125 Å². The molecule has 1 heterocycles. The molecule has 0 spiro atoms. The second-order valence-corrected chi connectivity index (χ2v) is 7.14. The van der Waals surface area contributed by atoms with Crippen molar-refractivity contribution in [3.05, 3.63) is 71.8 Å². The van der Waals surface area contributed by atoms with E-state index in [-0.39, 0.29) is 0 Å². The quantitative estimate of drug-likeness (QED) is 0.873. The van der Waals surface area contributed by atoms with Crippen molar-refractivity contribution >= 4 is 15.6 Å². The molecule has 3 nitrogen and oxygen atoms in total. The summed E-state index contributed by atoms with van der Waals surface area (Å²) in [6.07, 6.45) is 1.99. The molecule has 2 aromatic rings. The molecule has 0 radical (unpaired) electrons. The minimum atomic E-state index is -3.42. The predicted octanol–water partition coefficient (Wildman–Crippen LogP) is 3.08. The van der Waals surface area contributed by atoms with E-state index in [9.17, 15) is 8.42 Å². The van der Waals surface area contributed by atoms with Crippen molar-refractivity contribution in [1.82, 2.24) is 4.31 Å². The molecule has 0 aromatic heterocycles. The summed E-state index contributed by atoms with van der Waals surface area (Å²) in [7, 11) is -3.42. The van der Waals surface area contributed by atoms with E-state index in [4.69, 9.17) is 0 Å². The van der Waals surface area contributed by atoms with E-state index in [1.807, 2.05) is 55.5 Å². The Balaban J connectivity index is 1.82. The lowest BCUT2D eigenvalue weighted by Gasteiger charge is -2.16. The molecule has 2 aromatic carbocycles. The molecule has 21 heavy (non-hydrogen) atoms. The van der Waals surface area contributed by atoms with Gasteiger partial charge in [0.1, 0.15) is 0 Å². The Morgan fingerprint density at radius 2 is 1.62 bits per heavy atom. The van der Waals surface area contributed by atoms with Crippen molar-refractivity contribution in [2.45, 2.75) is 11.8 Å². The van der Waals surface area contributed by atoms with Crippen LogP contribution in [-0.4, -0.2) is 25.8 Å². The van der Waals surface area contributed by atoms with Gasteiger partial charge in [0.25, 0.3) is 0 Å². The molecule has 0 amide bonds. The minimum Gasteiger partial charge on any atom is -0.207 e. The standard InChI is InChI=1S/C17H17NO2S/c1-14-7-9-17(10-8-14)21(19,20)18-12-11-16(13-18)15-5-3-2-4-6-15/h2-11H,12-13H2,1H3. The van der Waals surface area contributed by atoms with Gasteiger partial charge in [0.2, 0.25) is 10.0 Å². The molecule has 0 saturated heterocycles. The topological polar surface area (TPSA) is 37.4 Å². The van der Waals surface area contributed by atoms with E-state index in [0.717, 1.165) is 16.7 Å². The second-order valence-electron chi connectivity index (χ2n) is 5.21. The van der Waals surface area contributed by atoms with Crippen LogP contribution in [0.5, 0.6) is 0 Å². The molecule has 1 aliphatic heterocycles. The lowest BCUT2D eigenvalue weighted by atomic mass is 10.1. The maximum Gasteiger partial charge on any atom is 0.243 e. The highest BCUT2D eigenvalue weighted by Crippen LogP contribution is 2.26. The number of nitrogens with zero attached hydrogens (tertiary/aromatic N) is 1. The van der Waals surface area contributed by atoms with E-state index in [0.29, 0.717) is 18.0 Å². The maximum absolute atomic E-state index is 12.6. The van der Waals surface area contributed by atoms with Crippen LogP contribution in [0.3, 0.4) is 0 Å². The molecule has 0 aliphatic carbocycles.